The van der Waals surface area contributed by atoms with Crippen molar-refractivity contribution in [1.82, 2.24) is 0 Å². The van der Waals surface area contributed by atoms with Crippen molar-refractivity contribution in [2.24, 2.45) is 23.2 Å². The summed E-state index contributed by atoms with van der Waals surface area (Å²) in [5.74, 6) is 1.80. The first-order valence-corrected chi connectivity index (χ1v) is 7.80. The molecule has 5 aliphatic rings. The van der Waals surface area contributed by atoms with E-state index in [-0.39, 0.29) is 5.41 Å². The molecule has 0 unspecified atom stereocenters. The van der Waals surface area contributed by atoms with Crippen LogP contribution in [0.3, 0.4) is 0 Å². The second-order valence-electron chi connectivity index (χ2n) is 7.34. The summed E-state index contributed by atoms with van der Waals surface area (Å²) in [7, 11) is 0. The van der Waals surface area contributed by atoms with Gasteiger partial charge in [-0.1, -0.05) is 12.2 Å². The molecule has 0 aromatic rings. The molecule has 19 heavy (non-hydrogen) atoms. The topological polar surface area (TPSA) is 37.3 Å². The number of carboxylic acids is 1. The predicted octanol–water partition coefficient (Wildman–Crippen LogP) is 3.93. The molecule has 2 heteroatoms. The van der Waals surface area contributed by atoms with Crippen LogP contribution in [0, 0.1) is 23.2 Å². The summed E-state index contributed by atoms with van der Waals surface area (Å²) in [5, 5.41) is 9.80. The van der Waals surface area contributed by atoms with E-state index in [1.54, 1.807) is 0 Å². The van der Waals surface area contributed by atoms with E-state index < -0.39 is 5.97 Å². The Morgan fingerprint density at radius 2 is 1.68 bits per heavy atom. The van der Waals surface area contributed by atoms with Crippen molar-refractivity contribution in [3.05, 3.63) is 23.3 Å². The summed E-state index contributed by atoms with van der Waals surface area (Å²) in [5.41, 5.74) is 1.97. The van der Waals surface area contributed by atoms with Crippen molar-refractivity contribution < 1.29 is 9.90 Å². The molecule has 0 heterocycles. The lowest BCUT2D eigenvalue weighted by Crippen LogP contribution is -2.48. The molecule has 4 fully saturated rings. The van der Waals surface area contributed by atoms with E-state index in [2.05, 4.69) is 12.2 Å². The summed E-state index contributed by atoms with van der Waals surface area (Å²) in [6.45, 7) is 0. The van der Waals surface area contributed by atoms with Crippen LogP contribution in [0.15, 0.2) is 23.3 Å². The molecule has 0 amide bonds. The van der Waals surface area contributed by atoms with Crippen molar-refractivity contribution >= 4 is 5.97 Å². The van der Waals surface area contributed by atoms with Crippen LogP contribution in [0.25, 0.3) is 0 Å². The molecule has 0 aromatic heterocycles. The van der Waals surface area contributed by atoms with Gasteiger partial charge in [-0.2, -0.15) is 0 Å². The first kappa shape index (κ1) is 11.7. The number of rotatable bonds is 2. The molecule has 2 nitrogen and oxygen atoms in total. The maximum Gasteiger partial charge on any atom is 0.332 e. The van der Waals surface area contributed by atoms with Crippen molar-refractivity contribution in [3.8, 4) is 0 Å². The maximum atomic E-state index is 11.9. The Balaban J connectivity index is 1.79. The van der Waals surface area contributed by atoms with Gasteiger partial charge in [-0.05, 0) is 74.7 Å². The fourth-order valence-corrected chi connectivity index (χ4v) is 5.88. The summed E-state index contributed by atoms with van der Waals surface area (Å²) < 4.78 is 0. The number of allylic oxidation sites excluding steroid dienone is 3. The van der Waals surface area contributed by atoms with E-state index in [1.165, 1.54) is 19.3 Å². The Bertz CT molecular complexity index is 448. The largest absolute Gasteiger partial charge is 0.478 e. The van der Waals surface area contributed by atoms with Gasteiger partial charge in [0.1, 0.15) is 0 Å². The number of carbonyl (C=O) groups is 1. The number of aliphatic carboxylic acids is 1. The molecule has 1 N–H and O–H groups in total. The predicted molar refractivity (Wildman–Crippen MR) is 73.6 cm³/mol. The van der Waals surface area contributed by atoms with Gasteiger partial charge in [0.2, 0.25) is 0 Å². The van der Waals surface area contributed by atoms with Crippen molar-refractivity contribution in [3.63, 3.8) is 0 Å². The summed E-state index contributed by atoms with van der Waals surface area (Å²) >= 11 is 0. The fourth-order valence-electron chi connectivity index (χ4n) is 5.88. The van der Waals surface area contributed by atoms with Gasteiger partial charge >= 0.3 is 5.97 Å². The summed E-state index contributed by atoms with van der Waals surface area (Å²) in [4.78, 5) is 11.9. The van der Waals surface area contributed by atoms with E-state index in [0.717, 1.165) is 61.0 Å². The minimum atomic E-state index is -0.636. The third-order valence-corrected chi connectivity index (χ3v) is 6.00. The molecule has 4 bridgehead atoms. The molecule has 0 saturated heterocycles. The number of hydrogen-bond acceptors (Lipinski definition) is 1. The van der Waals surface area contributed by atoms with Crippen LogP contribution in [0.5, 0.6) is 0 Å². The number of carboxylic acid groups (broad SMARTS) is 1. The van der Waals surface area contributed by atoms with Gasteiger partial charge in [0.15, 0.2) is 0 Å². The Labute approximate surface area is 114 Å². The van der Waals surface area contributed by atoms with E-state index in [4.69, 9.17) is 0 Å². The van der Waals surface area contributed by atoms with E-state index in [1.807, 2.05) is 0 Å². The van der Waals surface area contributed by atoms with Crippen LogP contribution in [-0.2, 0) is 4.79 Å². The molecular weight excluding hydrogens is 236 g/mol. The summed E-state index contributed by atoms with van der Waals surface area (Å²) in [6.07, 6.45) is 13.8. The third-order valence-electron chi connectivity index (χ3n) is 6.00. The summed E-state index contributed by atoms with van der Waals surface area (Å²) in [6, 6.07) is 0. The highest BCUT2D eigenvalue weighted by Gasteiger charge is 2.54. The smallest absolute Gasteiger partial charge is 0.332 e. The van der Waals surface area contributed by atoms with Crippen LogP contribution in [0.4, 0.5) is 0 Å². The normalized spacial score (nSPS) is 45.8. The second-order valence-corrected chi connectivity index (χ2v) is 7.34. The zero-order chi connectivity index (χ0) is 13.0. The van der Waals surface area contributed by atoms with Crippen molar-refractivity contribution in [2.45, 2.75) is 51.4 Å². The average Bonchev–Trinajstić information content (AvgIpc) is 2.79. The van der Waals surface area contributed by atoms with Gasteiger partial charge in [-0.15, -0.1) is 0 Å². The third kappa shape index (κ3) is 1.72. The molecule has 5 rings (SSSR count). The minimum absolute atomic E-state index is 0.0323. The first-order valence-electron chi connectivity index (χ1n) is 7.80. The SMILES string of the molecule is O=C(O)/C(=C1/C=CCC1)C12CC3CC(CC(C3)C1)C2. The standard InChI is InChI=1S/C17H22O2/c18-16(19)15(14-3-1-2-4-14)17-8-11-5-12(9-17)7-13(6-11)10-17/h1,3,11-13H,2,4-10H2,(H,18,19)/b15-14+. The molecule has 0 aromatic carbocycles. The van der Waals surface area contributed by atoms with Gasteiger partial charge in [0.25, 0.3) is 0 Å². The molecule has 0 aliphatic heterocycles. The molecule has 0 atom stereocenters. The Morgan fingerprint density at radius 3 is 2.11 bits per heavy atom. The van der Waals surface area contributed by atoms with Crippen molar-refractivity contribution in [1.29, 1.82) is 0 Å². The molecule has 4 saturated carbocycles. The van der Waals surface area contributed by atoms with Gasteiger partial charge in [0.05, 0.1) is 0 Å². The molecule has 0 spiro atoms. The molecular formula is C17H22O2. The first-order chi connectivity index (χ1) is 9.16. The quantitative estimate of drug-likeness (QED) is 0.762. The molecule has 5 aliphatic carbocycles. The lowest BCUT2D eigenvalue weighted by Gasteiger charge is -2.57. The average molecular weight is 258 g/mol. The van der Waals surface area contributed by atoms with Crippen LogP contribution in [0.1, 0.15) is 51.4 Å². The van der Waals surface area contributed by atoms with Crippen molar-refractivity contribution in [2.75, 3.05) is 0 Å². The van der Waals surface area contributed by atoms with E-state index in [0.29, 0.717) is 0 Å². The maximum absolute atomic E-state index is 11.9. The zero-order valence-electron chi connectivity index (χ0n) is 11.4. The lowest BCUT2D eigenvalue weighted by atomic mass is 9.47. The minimum Gasteiger partial charge on any atom is -0.478 e. The number of hydrogen-bond donors (Lipinski definition) is 1. The molecule has 102 valence electrons. The van der Waals surface area contributed by atoms with Gasteiger partial charge in [0, 0.05) is 11.0 Å². The van der Waals surface area contributed by atoms with Gasteiger partial charge < -0.3 is 5.11 Å². The van der Waals surface area contributed by atoms with E-state index in [9.17, 15) is 9.90 Å². The van der Waals surface area contributed by atoms with Crippen LogP contribution < -0.4 is 0 Å². The fraction of sp³-hybridized carbons (Fsp3) is 0.706. The second kappa shape index (κ2) is 3.97. The Kier molecular flexibility index (Phi) is 2.46. The zero-order valence-corrected chi connectivity index (χ0v) is 11.4. The Hall–Kier alpha value is -1.05. The monoisotopic (exact) mass is 258 g/mol. The lowest BCUT2D eigenvalue weighted by molar-refractivity contribution is -0.136. The van der Waals surface area contributed by atoms with Crippen LogP contribution in [0.2, 0.25) is 0 Å². The highest BCUT2D eigenvalue weighted by molar-refractivity contribution is 5.90. The highest BCUT2D eigenvalue weighted by atomic mass is 16.4. The highest BCUT2D eigenvalue weighted by Crippen LogP contribution is 2.63. The van der Waals surface area contributed by atoms with Crippen LogP contribution in [-0.4, -0.2) is 11.1 Å². The Morgan fingerprint density at radius 1 is 1.11 bits per heavy atom. The van der Waals surface area contributed by atoms with Gasteiger partial charge in [-0.3, -0.25) is 0 Å². The van der Waals surface area contributed by atoms with Crippen LogP contribution >= 0.6 is 0 Å². The molecule has 0 radical (unpaired) electrons. The van der Waals surface area contributed by atoms with Gasteiger partial charge in [-0.25, -0.2) is 4.79 Å². The van der Waals surface area contributed by atoms with E-state index >= 15 is 0 Å².